The zero-order valence-electron chi connectivity index (χ0n) is 8.56. The molecule has 2 heterocycles. The van der Waals surface area contributed by atoms with Gasteiger partial charge in [0, 0.05) is 27.7 Å². The Balaban J connectivity index is 2.10. The van der Waals surface area contributed by atoms with E-state index in [0.29, 0.717) is 0 Å². The number of hydrazine groups is 1. The molecule has 3 N–H and O–H groups in total. The molecule has 84 valence electrons. The minimum Gasteiger partial charge on any atom is -0.271 e. The average Bonchev–Trinajstić information content (AvgIpc) is 2.82. The highest BCUT2D eigenvalue weighted by Gasteiger charge is 2.11. The lowest BCUT2D eigenvalue weighted by atomic mass is 10.1. The van der Waals surface area contributed by atoms with E-state index in [4.69, 9.17) is 5.84 Å². The number of halogens is 1. The summed E-state index contributed by atoms with van der Waals surface area (Å²) in [5, 5.41) is 2.05. The van der Waals surface area contributed by atoms with E-state index < -0.39 is 0 Å². The summed E-state index contributed by atoms with van der Waals surface area (Å²) in [4.78, 5) is 5.57. The fraction of sp³-hybridized carbons (Fsp3) is 0.182. The van der Waals surface area contributed by atoms with E-state index in [2.05, 4.69) is 37.8 Å². The van der Waals surface area contributed by atoms with Gasteiger partial charge in [-0.2, -0.15) is 0 Å². The maximum absolute atomic E-state index is 5.56. The molecular weight excluding hydrogens is 286 g/mol. The van der Waals surface area contributed by atoms with Crippen LogP contribution < -0.4 is 11.3 Å². The lowest BCUT2D eigenvalue weighted by molar-refractivity contribution is 0.554. The minimum atomic E-state index is 0.133. The normalized spacial score (nSPS) is 12.6. The van der Waals surface area contributed by atoms with E-state index >= 15 is 0 Å². The molecule has 0 fully saturated rings. The maximum Gasteiger partial charge on any atom is 0.0608 e. The summed E-state index contributed by atoms with van der Waals surface area (Å²) in [6.45, 7) is 0. The second kappa shape index (κ2) is 5.54. The van der Waals surface area contributed by atoms with Gasteiger partial charge in [0.25, 0.3) is 0 Å². The van der Waals surface area contributed by atoms with Crippen molar-refractivity contribution in [1.29, 1.82) is 0 Å². The Kier molecular flexibility index (Phi) is 4.06. The van der Waals surface area contributed by atoms with Crippen LogP contribution in [-0.2, 0) is 6.42 Å². The van der Waals surface area contributed by atoms with E-state index in [9.17, 15) is 0 Å². The molecule has 0 bridgehead atoms. The third-order valence-corrected chi connectivity index (χ3v) is 3.74. The van der Waals surface area contributed by atoms with Crippen LogP contribution in [0, 0.1) is 0 Å². The Hall–Kier alpha value is -0.750. The molecule has 16 heavy (non-hydrogen) atoms. The molecule has 0 amide bonds. The van der Waals surface area contributed by atoms with Gasteiger partial charge in [0.05, 0.1) is 6.04 Å². The number of nitrogens with two attached hydrogens (primary N) is 1. The zero-order valence-corrected chi connectivity index (χ0v) is 11.0. The Bertz CT molecular complexity index is 427. The van der Waals surface area contributed by atoms with Crippen LogP contribution in [-0.4, -0.2) is 4.98 Å². The second-order valence-corrected chi connectivity index (χ2v) is 5.30. The van der Waals surface area contributed by atoms with Crippen LogP contribution in [0.5, 0.6) is 0 Å². The Morgan fingerprint density at radius 2 is 2.31 bits per heavy atom. The number of thiophene rings is 1. The topological polar surface area (TPSA) is 50.9 Å². The van der Waals surface area contributed by atoms with Gasteiger partial charge in [-0.1, -0.05) is 6.07 Å². The highest BCUT2D eigenvalue weighted by molar-refractivity contribution is 9.10. The van der Waals surface area contributed by atoms with Crippen LogP contribution in [0.2, 0.25) is 0 Å². The van der Waals surface area contributed by atoms with E-state index in [1.54, 1.807) is 17.5 Å². The number of nitrogens with one attached hydrogen (secondary N) is 1. The second-order valence-electron chi connectivity index (χ2n) is 3.41. The molecule has 2 aromatic rings. The SMILES string of the molecule is NNC(Cc1ccc(Br)cn1)c1cccs1. The Morgan fingerprint density at radius 1 is 1.44 bits per heavy atom. The Labute approximate surface area is 107 Å². The van der Waals surface area contributed by atoms with Crippen molar-refractivity contribution in [3.8, 4) is 0 Å². The van der Waals surface area contributed by atoms with Crippen molar-refractivity contribution in [1.82, 2.24) is 10.4 Å². The number of aromatic nitrogens is 1. The van der Waals surface area contributed by atoms with Crippen LogP contribution >= 0.6 is 27.3 Å². The summed E-state index contributed by atoms with van der Waals surface area (Å²) in [5.41, 5.74) is 3.85. The molecule has 0 aliphatic heterocycles. The fourth-order valence-corrected chi connectivity index (χ4v) is 2.49. The number of hydrogen-bond acceptors (Lipinski definition) is 4. The summed E-state index contributed by atoms with van der Waals surface area (Å²) >= 11 is 5.07. The van der Waals surface area contributed by atoms with Crippen LogP contribution in [0.4, 0.5) is 0 Å². The number of nitrogens with zero attached hydrogens (tertiary/aromatic N) is 1. The lowest BCUT2D eigenvalue weighted by Crippen LogP contribution is -2.29. The summed E-state index contributed by atoms with van der Waals surface area (Å²) in [6, 6.07) is 8.23. The van der Waals surface area contributed by atoms with Crippen molar-refractivity contribution >= 4 is 27.3 Å². The molecule has 2 rings (SSSR count). The predicted octanol–water partition coefficient (Wildman–Crippen LogP) is 2.65. The molecular formula is C11H12BrN3S. The van der Waals surface area contributed by atoms with E-state index in [1.807, 2.05) is 18.2 Å². The fourth-order valence-electron chi connectivity index (χ4n) is 1.47. The molecule has 1 atom stereocenters. The summed E-state index contributed by atoms with van der Waals surface area (Å²) < 4.78 is 0.990. The summed E-state index contributed by atoms with van der Waals surface area (Å²) in [5.74, 6) is 5.56. The molecule has 2 aromatic heterocycles. The molecule has 0 aliphatic rings. The van der Waals surface area contributed by atoms with Gasteiger partial charge in [-0.15, -0.1) is 11.3 Å². The largest absolute Gasteiger partial charge is 0.271 e. The van der Waals surface area contributed by atoms with Gasteiger partial charge in [0.1, 0.15) is 0 Å². The first kappa shape index (κ1) is 11.7. The van der Waals surface area contributed by atoms with Crippen molar-refractivity contribution < 1.29 is 0 Å². The molecule has 1 unspecified atom stereocenters. The number of pyridine rings is 1. The number of rotatable bonds is 4. The molecule has 0 aromatic carbocycles. The van der Waals surface area contributed by atoms with Crippen LogP contribution in [0.3, 0.4) is 0 Å². The van der Waals surface area contributed by atoms with Gasteiger partial charge in [0.15, 0.2) is 0 Å². The van der Waals surface area contributed by atoms with Crippen LogP contribution in [0.25, 0.3) is 0 Å². The molecule has 0 spiro atoms. The average molecular weight is 298 g/mol. The standard InChI is InChI=1S/C11H12BrN3S/c12-8-3-4-9(14-7-8)6-10(15-13)11-2-1-5-16-11/h1-5,7,10,15H,6,13H2. The van der Waals surface area contributed by atoms with Crippen molar-refractivity contribution in [2.24, 2.45) is 5.84 Å². The third kappa shape index (κ3) is 2.89. The van der Waals surface area contributed by atoms with E-state index in [-0.39, 0.29) is 6.04 Å². The highest BCUT2D eigenvalue weighted by Crippen LogP contribution is 2.21. The molecule has 0 saturated heterocycles. The molecule has 5 heteroatoms. The summed E-state index contributed by atoms with van der Waals surface area (Å²) in [6.07, 6.45) is 2.60. The first-order chi connectivity index (χ1) is 7.79. The lowest BCUT2D eigenvalue weighted by Gasteiger charge is -2.13. The first-order valence-corrected chi connectivity index (χ1v) is 6.57. The Morgan fingerprint density at radius 3 is 2.88 bits per heavy atom. The molecule has 0 aliphatic carbocycles. The van der Waals surface area contributed by atoms with Crippen molar-refractivity contribution in [3.05, 3.63) is 50.9 Å². The quantitative estimate of drug-likeness (QED) is 0.674. The van der Waals surface area contributed by atoms with Crippen molar-refractivity contribution in [3.63, 3.8) is 0 Å². The first-order valence-electron chi connectivity index (χ1n) is 4.89. The molecule has 3 nitrogen and oxygen atoms in total. The smallest absolute Gasteiger partial charge is 0.0608 e. The predicted molar refractivity (Wildman–Crippen MR) is 70.0 cm³/mol. The maximum atomic E-state index is 5.56. The van der Waals surface area contributed by atoms with Crippen molar-refractivity contribution in [2.75, 3.05) is 0 Å². The zero-order chi connectivity index (χ0) is 11.4. The van der Waals surface area contributed by atoms with Crippen molar-refractivity contribution in [2.45, 2.75) is 12.5 Å². The van der Waals surface area contributed by atoms with Gasteiger partial charge in [-0.05, 0) is 39.5 Å². The third-order valence-electron chi connectivity index (χ3n) is 2.29. The highest BCUT2D eigenvalue weighted by atomic mass is 79.9. The minimum absolute atomic E-state index is 0.133. The van der Waals surface area contributed by atoms with E-state index in [0.717, 1.165) is 16.6 Å². The van der Waals surface area contributed by atoms with Gasteiger partial charge in [0.2, 0.25) is 0 Å². The number of hydrogen-bond donors (Lipinski definition) is 2. The van der Waals surface area contributed by atoms with Crippen LogP contribution in [0.15, 0.2) is 40.3 Å². The van der Waals surface area contributed by atoms with E-state index in [1.165, 1.54) is 4.88 Å². The molecule has 0 radical (unpaired) electrons. The van der Waals surface area contributed by atoms with Gasteiger partial charge in [-0.3, -0.25) is 16.3 Å². The van der Waals surface area contributed by atoms with Gasteiger partial charge >= 0.3 is 0 Å². The molecule has 0 saturated carbocycles. The monoisotopic (exact) mass is 297 g/mol. The van der Waals surface area contributed by atoms with Crippen LogP contribution in [0.1, 0.15) is 16.6 Å². The van der Waals surface area contributed by atoms with Gasteiger partial charge in [-0.25, -0.2) is 0 Å². The van der Waals surface area contributed by atoms with Gasteiger partial charge < -0.3 is 0 Å². The summed E-state index contributed by atoms with van der Waals surface area (Å²) in [7, 11) is 0.